The van der Waals surface area contributed by atoms with Crippen LogP contribution in [0.2, 0.25) is 5.02 Å². The van der Waals surface area contributed by atoms with Crippen molar-refractivity contribution in [3.05, 3.63) is 63.7 Å². The minimum absolute atomic E-state index is 0.260. The van der Waals surface area contributed by atoms with Crippen LogP contribution in [0.5, 0.6) is 0 Å². The van der Waals surface area contributed by atoms with Crippen molar-refractivity contribution in [1.82, 2.24) is 0 Å². The number of ether oxygens (including phenoxy) is 1. The van der Waals surface area contributed by atoms with E-state index in [-0.39, 0.29) is 5.02 Å². The minimum Gasteiger partial charge on any atom is -0.452 e. The Morgan fingerprint density at radius 1 is 1.07 bits per heavy atom. The molecule has 1 amide bonds. The van der Waals surface area contributed by atoms with Gasteiger partial charge in [-0.2, -0.15) is 13.2 Å². The first-order valence-corrected chi connectivity index (χ1v) is 9.08. The van der Waals surface area contributed by atoms with Gasteiger partial charge in [-0.25, -0.2) is 4.79 Å². The highest BCUT2D eigenvalue weighted by molar-refractivity contribution is 6.34. The van der Waals surface area contributed by atoms with Crippen molar-refractivity contribution < 1.29 is 27.5 Å². The quantitative estimate of drug-likeness (QED) is 0.718. The van der Waals surface area contributed by atoms with E-state index in [1.807, 2.05) is 6.07 Å². The molecule has 4 nitrogen and oxygen atoms in total. The van der Waals surface area contributed by atoms with Crippen LogP contribution >= 0.6 is 11.6 Å². The molecular weight excluding hydrogens is 395 g/mol. The van der Waals surface area contributed by atoms with Crippen molar-refractivity contribution in [1.29, 1.82) is 0 Å². The molecule has 8 heteroatoms. The van der Waals surface area contributed by atoms with E-state index in [0.717, 1.165) is 43.4 Å². The average Bonchev–Trinajstić information content (AvgIpc) is 2.66. The van der Waals surface area contributed by atoms with Crippen LogP contribution in [0, 0.1) is 0 Å². The largest absolute Gasteiger partial charge is 0.452 e. The van der Waals surface area contributed by atoms with Gasteiger partial charge in [-0.1, -0.05) is 23.7 Å². The molecule has 0 saturated heterocycles. The number of carbonyl (C=O) groups excluding carboxylic acids is 2. The lowest BCUT2D eigenvalue weighted by Gasteiger charge is -2.16. The van der Waals surface area contributed by atoms with Gasteiger partial charge in [-0.3, -0.25) is 4.79 Å². The molecule has 0 unspecified atom stereocenters. The maximum absolute atomic E-state index is 13.1. The van der Waals surface area contributed by atoms with Crippen molar-refractivity contribution in [2.24, 2.45) is 0 Å². The fourth-order valence-corrected chi connectivity index (χ4v) is 3.36. The maximum atomic E-state index is 13.1. The third-order valence-electron chi connectivity index (χ3n) is 4.50. The zero-order valence-corrected chi connectivity index (χ0v) is 15.5. The number of hydrogen-bond donors (Lipinski definition) is 1. The van der Waals surface area contributed by atoms with Gasteiger partial charge in [0.1, 0.15) is 0 Å². The van der Waals surface area contributed by atoms with Crippen LogP contribution in [0.25, 0.3) is 0 Å². The molecule has 0 atom stereocenters. The molecule has 0 aromatic heterocycles. The number of benzene rings is 2. The fraction of sp³-hybridized carbons (Fsp3) is 0.300. The standard InChI is InChI=1S/C20H17ClF3NO3/c21-16-7-3-6-15(20(22,23)24)18(16)25-17(26)11-28-19(27)14-9-8-12-4-1-2-5-13(12)10-14/h3,6-10H,1-2,4-5,11H2,(H,25,26). The smallest absolute Gasteiger partial charge is 0.418 e. The SMILES string of the molecule is O=C(COC(=O)c1ccc2c(c1)CCCC2)Nc1c(Cl)cccc1C(F)(F)F. The molecule has 0 saturated carbocycles. The molecule has 28 heavy (non-hydrogen) atoms. The average molecular weight is 412 g/mol. The van der Waals surface area contributed by atoms with Crippen LogP contribution in [0.3, 0.4) is 0 Å². The number of amides is 1. The van der Waals surface area contributed by atoms with Gasteiger partial charge in [-0.15, -0.1) is 0 Å². The number of aryl methyl sites for hydroxylation is 2. The van der Waals surface area contributed by atoms with Crippen LogP contribution in [-0.2, 0) is 28.5 Å². The molecule has 148 valence electrons. The van der Waals surface area contributed by atoms with E-state index in [9.17, 15) is 22.8 Å². The van der Waals surface area contributed by atoms with Gasteiger partial charge in [0.15, 0.2) is 6.61 Å². The molecule has 3 rings (SSSR count). The molecule has 1 aliphatic carbocycles. The highest BCUT2D eigenvalue weighted by Gasteiger charge is 2.34. The number of para-hydroxylation sites is 1. The Kier molecular flexibility index (Phi) is 5.93. The van der Waals surface area contributed by atoms with Crippen LogP contribution in [0.1, 0.15) is 39.9 Å². The Hall–Kier alpha value is -2.54. The number of alkyl halides is 3. The van der Waals surface area contributed by atoms with Crippen LogP contribution in [0.4, 0.5) is 18.9 Å². The summed E-state index contributed by atoms with van der Waals surface area (Å²) in [6.45, 7) is -0.724. The third-order valence-corrected chi connectivity index (χ3v) is 4.82. The summed E-state index contributed by atoms with van der Waals surface area (Å²) in [4.78, 5) is 24.2. The summed E-state index contributed by atoms with van der Waals surface area (Å²) >= 11 is 5.78. The molecule has 1 aliphatic rings. The van der Waals surface area contributed by atoms with Gasteiger partial charge in [-0.05, 0) is 61.1 Å². The summed E-state index contributed by atoms with van der Waals surface area (Å²) in [6.07, 6.45) is -0.685. The van der Waals surface area contributed by atoms with Crippen LogP contribution in [-0.4, -0.2) is 18.5 Å². The predicted molar refractivity (Wildman–Crippen MR) is 98.5 cm³/mol. The summed E-state index contributed by atoms with van der Waals surface area (Å²) in [5, 5.41) is 1.81. The molecule has 0 aliphatic heterocycles. The Morgan fingerprint density at radius 2 is 1.79 bits per heavy atom. The van der Waals surface area contributed by atoms with Gasteiger partial charge in [0, 0.05) is 0 Å². The van der Waals surface area contributed by atoms with Gasteiger partial charge >= 0.3 is 12.1 Å². The Balaban J connectivity index is 1.64. The Bertz CT molecular complexity index is 912. The van der Waals surface area contributed by atoms with Gasteiger partial charge in [0.05, 0.1) is 21.8 Å². The first-order chi connectivity index (χ1) is 13.3. The summed E-state index contributed by atoms with van der Waals surface area (Å²) < 4.78 is 44.1. The number of anilines is 1. The molecule has 2 aromatic rings. The summed E-state index contributed by atoms with van der Waals surface area (Å²) in [7, 11) is 0. The number of carbonyl (C=O) groups is 2. The summed E-state index contributed by atoms with van der Waals surface area (Å²) in [5.74, 6) is -1.62. The predicted octanol–water partition coefficient (Wildman–Crippen LogP) is 5.03. The van der Waals surface area contributed by atoms with Crippen molar-refractivity contribution in [2.45, 2.75) is 31.9 Å². The maximum Gasteiger partial charge on any atom is 0.418 e. The first-order valence-electron chi connectivity index (χ1n) is 8.70. The molecule has 0 heterocycles. The van der Waals surface area contributed by atoms with E-state index in [1.165, 1.54) is 11.6 Å². The molecule has 0 radical (unpaired) electrons. The van der Waals surface area contributed by atoms with Gasteiger partial charge < -0.3 is 10.1 Å². The van der Waals surface area contributed by atoms with E-state index in [1.54, 1.807) is 12.1 Å². The second-order valence-corrected chi connectivity index (χ2v) is 6.88. The van der Waals surface area contributed by atoms with E-state index < -0.39 is 35.9 Å². The lowest BCUT2D eigenvalue weighted by Crippen LogP contribution is -2.23. The zero-order valence-electron chi connectivity index (χ0n) is 14.7. The molecule has 1 N–H and O–H groups in total. The lowest BCUT2D eigenvalue weighted by atomic mass is 9.90. The van der Waals surface area contributed by atoms with Crippen LogP contribution < -0.4 is 5.32 Å². The first kappa shape index (κ1) is 20.2. The molecule has 0 fully saturated rings. The number of halogens is 4. The van der Waals surface area contributed by atoms with E-state index in [0.29, 0.717) is 5.56 Å². The minimum atomic E-state index is -4.69. The summed E-state index contributed by atoms with van der Waals surface area (Å²) in [6, 6.07) is 8.40. The number of fused-ring (bicyclic) bond motifs is 1. The van der Waals surface area contributed by atoms with Crippen molar-refractivity contribution >= 4 is 29.2 Å². The highest BCUT2D eigenvalue weighted by atomic mass is 35.5. The third kappa shape index (κ3) is 4.65. The lowest BCUT2D eigenvalue weighted by molar-refractivity contribution is -0.137. The van der Waals surface area contributed by atoms with Crippen LogP contribution in [0.15, 0.2) is 36.4 Å². The van der Waals surface area contributed by atoms with Gasteiger partial charge in [0.2, 0.25) is 0 Å². The van der Waals surface area contributed by atoms with Crippen molar-refractivity contribution in [2.75, 3.05) is 11.9 Å². The van der Waals surface area contributed by atoms with Gasteiger partial charge in [0.25, 0.3) is 5.91 Å². The number of esters is 1. The van der Waals surface area contributed by atoms with E-state index >= 15 is 0 Å². The van der Waals surface area contributed by atoms with E-state index in [2.05, 4.69) is 5.32 Å². The Labute approximate surface area is 164 Å². The topological polar surface area (TPSA) is 55.4 Å². The number of hydrogen-bond acceptors (Lipinski definition) is 3. The monoisotopic (exact) mass is 411 g/mol. The summed E-state index contributed by atoms with van der Waals surface area (Å²) in [5.41, 5.74) is 0.943. The van der Waals surface area contributed by atoms with Crippen molar-refractivity contribution in [3.8, 4) is 0 Å². The van der Waals surface area contributed by atoms with E-state index in [4.69, 9.17) is 16.3 Å². The highest BCUT2D eigenvalue weighted by Crippen LogP contribution is 2.38. The Morgan fingerprint density at radius 3 is 2.50 bits per heavy atom. The molecular formula is C20H17ClF3NO3. The molecule has 0 bridgehead atoms. The fourth-order valence-electron chi connectivity index (χ4n) is 3.14. The second kappa shape index (κ2) is 8.22. The zero-order chi connectivity index (χ0) is 20.3. The number of rotatable bonds is 4. The normalized spacial score (nSPS) is 13.6. The van der Waals surface area contributed by atoms with Crippen molar-refractivity contribution in [3.63, 3.8) is 0 Å². The number of nitrogens with one attached hydrogen (secondary N) is 1. The molecule has 2 aromatic carbocycles. The second-order valence-electron chi connectivity index (χ2n) is 6.48. The molecule has 0 spiro atoms.